The van der Waals surface area contributed by atoms with Crippen LogP contribution in [0.2, 0.25) is 0 Å². The van der Waals surface area contributed by atoms with Crippen molar-refractivity contribution in [3.8, 4) is 0 Å². The highest BCUT2D eigenvalue weighted by Gasteiger charge is 2.15. The van der Waals surface area contributed by atoms with Crippen LogP contribution >= 0.6 is 0 Å². The number of amides is 1. The zero-order valence-electron chi connectivity index (χ0n) is 17.4. The summed E-state index contributed by atoms with van der Waals surface area (Å²) in [6, 6.07) is 18.4. The molecule has 0 saturated carbocycles. The van der Waals surface area contributed by atoms with Crippen molar-refractivity contribution < 1.29 is 17.6 Å². The van der Waals surface area contributed by atoms with Gasteiger partial charge in [0.15, 0.2) is 0 Å². The van der Waals surface area contributed by atoms with Gasteiger partial charge in [0.25, 0.3) is 15.9 Å². The maximum atomic E-state index is 13.0. The van der Waals surface area contributed by atoms with Crippen LogP contribution in [0.3, 0.4) is 0 Å². The van der Waals surface area contributed by atoms with E-state index in [-0.39, 0.29) is 16.5 Å². The lowest BCUT2D eigenvalue weighted by atomic mass is 10.1. The molecular weight excluding hydrogens is 429 g/mol. The zero-order valence-corrected chi connectivity index (χ0v) is 18.2. The molecule has 0 unspecified atom stereocenters. The van der Waals surface area contributed by atoms with Crippen molar-refractivity contribution in [3.05, 3.63) is 89.7 Å². The Morgan fingerprint density at radius 1 is 0.844 bits per heavy atom. The fraction of sp³-hybridized carbons (Fsp3) is 0.208. The minimum Gasteiger partial charge on any atom is -0.322 e. The second kappa shape index (κ2) is 9.50. The number of rotatable bonds is 7. The first-order valence-corrected chi connectivity index (χ1v) is 11.9. The summed E-state index contributed by atoms with van der Waals surface area (Å²) in [5, 5.41) is 2.78. The molecule has 4 rings (SSSR count). The van der Waals surface area contributed by atoms with Gasteiger partial charge in [-0.3, -0.25) is 14.4 Å². The first kappa shape index (κ1) is 22.0. The Morgan fingerprint density at radius 2 is 1.44 bits per heavy atom. The predicted molar refractivity (Wildman–Crippen MR) is 123 cm³/mol. The van der Waals surface area contributed by atoms with Crippen LogP contribution in [0.15, 0.2) is 77.7 Å². The van der Waals surface area contributed by atoms with E-state index in [2.05, 4.69) is 14.9 Å². The number of nitrogens with one attached hydrogen (secondary N) is 2. The summed E-state index contributed by atoms with van der Waals surface area (Å²) in [4.78, 5) is 15.0. The van der Waals surface area contributed by atoms with Crippen LogP contribution < -0.4 is 10.0 Å². The summed E-state index contributed by atoms with van der Waals surface area (Å²) < 4.78 is 40.4. The number of sulfonamides is 1. The first-order valence-electron chi connectivity index (χ1n) is 10.4. The van der Waals surface area contributed by atoms with E-state index in [1.165, 1.54) is 66.9 Å². The van der Waals surface area contributed by atoms with Gasteiger partial charge in [-0.1, -0.05) is 12.1 Å². The second-order valence-corrected chi connectivity index (χ2v) is 9.45. The number of carbonyl (C=O) groups excluding carboxylic acids is 1. The average molecular weight is 454 g/mol. The monoisotopic (exact) mass is 453 g/mol. The SMILES string of the molecule is O=C(Nc1ccc(S(=O)(=O)Nc2ccc(F)cc2)cc1)c1ccc(CN2CCCC2)cc1. The lowest BCUT2D eigenvalue weighted by Gasteiger charge is -2.14. The number of nitrogens with zero attached hydrogens (tertiary/aromatic N) is 1. The van der Waals surface area contributed by atoms with E-state index >= 15 is 0 Å². The highest BCUT2D eigenvalue weighted by Crippen LogP contribution is 2.19. The van der Waals surface area contributed by atoms with Gasteiger partial charge in [-0.05, 0) is 92.2 Å². The van der Waals surface area contributed by atoms with Gasteiger partial charge in [0.05, 0.1) is 4.90 Å². The topological polar surface area (TPSA) is 78.5 Å². The molecule has 1 aliphatic rings. The molecule has 0 spiro atoms. The molecule has 0 atom stereocenters. The maximum absolute atomic E-state index is 13.0. The smallest absolute Gasteiger partial charge is 0.261 e. The van der Waals surface area contributed by atoms with Gasteiger partial charge in [0.2, 0.25) is 0 Å². The number of hydrogen-bond acceptors (Lipinski definition) is 4. The zero-order chi connectivity index (χ0) is 22.6. The first-order chi connectivity index (χ1) is 15.4. The van der Waals surface area contributed by atoms with Crippen LogP contribution in [0.25, 0.3) is 0 Å². The Balaban J connectivity index is 1.37. The van der Waals surface area contributed by atoms with Crippen molar-refractivity contribution in [1.29, 1.82) is 0 Å². The van der Waals surface area contributed by atoms with E-state index in [4.69, 9.17) is 0 Å². The van der Waals surface area contributed by atoms with E-state index in [1.54, 1.807) is 12.1 Å². The fourth-order valence-electron chi connectivity index (χ4n) is 3.61. The van der Waals surface area contributed by atoms with E-state index in [0.717, 1.165) is 19.6 Å². The highest BCUT2D eigenvalue weighted by atomic mass is 32.2. The summed E-state index contributed by atoms with van der Waals surface area (Å²) in [6.45, 7) is 3.13. The van der Waals surface area contributed by atoms with Gasteiger partial charge in [-0.15, -0.1) is 0 Å². The van der Waals surface area contributed by atoms with Crippen molar-refractivity contribution in [1.82, 2.24) is 4.90 Å². The van der Waals surface area contributed by atoms with Crippen molar-refractivity contribution in [2.75, 3.05) is 23.1 Å². The molecule has 2 N–H and O–H groups in total. The minimum atomic E-state index is -3.83. The Kier molecular flexibility index (Phi) is 6.53. The third-order valence-corrected chi connectivity index (χ3v) is 6.74. The number of hydrogen-bond donors (Lipinski definition) is 2. The number of anilines is 2. The highest BCUT2D eigenvalue weighted by molar-refractivity contribution is 7.92. The molecule has 1 aliphatic heterocycles. The summed E-state index contributed by atoms with van der Waals surface area (Å²) >= 11 is 0. The normalized spacial score (nSPS) is 14.3. The molecule has 3 aromatic carbocycles. The van der Waals surface area contributed by atoms with Crippen molar-refractivity contribution >= 4 is 27.3 Å². The van der Waals surface area contributed by atoms with Gasteiger partial charge >= 0.3 is 0 Å². The van der Waals surface area contributed by atoms with E-state index in [0.29, 0.717) is 11.3 Å². The van der Waals surface area contributed by atoms with Gasteiger partial charge in [-0.25, -0.2) is 12.8 Å². The van der Waals surface area contributed by atoms with E-state index < -0.39 is 15.8 Å². The molecule has 3 aromatic rings. The second-order valence-electron chi connectivity index (χ2n) is 7.77. The van der Waals surface area contributed by atoms with Gasteiger partial charge in [-0.2, -0.15) is 0 Å². The van der Waals surface area contributed by atoms with Crippen molar-refractivity contribution in [2.24, 2.45) is 0 Å². The predicted octanol–water partition coefficient (Wildman–Crippen LogP) is 4.47. The Bertz CT molecular complexity index is 1170. The maximum Gasteiger partial charge on any atom is 0.261 e. The van der Waals surface area contributed by atoms with Crippen LogP contribution in [0.1, 0.15) is 28.8 Å². The van der Waals surface area contributed by atoms with Crippen LogP contribution in [0.5, 0.6) is 0 Å². The molecule has 0 radical (unpaired) electrons. The number of carbonyl (C=O) groups is 1. The van der Waals surface area contributed by atoms with E-state index in [1.807, 2.05) is 12.1 Å². The molecule has 1 saturated heterocycles. The molecule has 0 aromatic heterocycles. The largest absolute Gasteiger partial charge is 0.322 e. The van der Waals surface area contributed by atoms with Gasteiger partial charge in [0.1, 0.15) is 5.82 Å². The number of likely N-dealkylation sites (tertiary alicyclic amines) is 1. The van der Waals surface area contributed by atoms with Crippen molar-refractivity contribution in [2.45, 2.75) is 24.3 Å². The van der Waals surface area contributed by atoms with Crippen LogP contribution in [-0.2, 0) is 16.6 Å². The molecule has 1 amide bonds. The molecule has 32 heavy (non-hydrogen) atoms. The summed E-state index contributed by atoms with van der Waals surface area (Å²) in [5.41, 5.74) is 2.45. The molecule has 1 heterocycles. The molecule has 8 heteroatoms. The molecule has 0 aliphatic carbocycles. The summed E-state index contributed by atoms with van der Waals surface area (Å²) in [7, 11) is -3.83. The number of halogens is 1. The molecule has 6 nitrogen and oxygen atoms in total. The van der Waals surface area contributed by atoms with Crippen LogP contribution in [0.4, 0.5) is 15.8 Å². The lowest BCUT2D eigenvalue weighted by Crippen LogP contribution is -2.18. The number of benzene rings is 3. The third kappa shape index (κ3) is 5.52. The minimum absolute atomic E-state index is 0.0334. The van der Waals surface area contributed by atoms with E-state index in [9.17, 15) is 17.6 Å². The van der Waals surface area contributed by atoms with Gasteiger partial charge in [0, 0.05) is 23.5 Å². The standard InChI is InChI=1S/C24H24FN3O3S/c25-20-7-9-22(10-8-20)27-32(30,31)23-13-11-21(12-14-23)26-24(29)19-5-3-18(4-6-19)17-28-15-1-2-16-28/h3-14,27H,1-2,15-17H2,(H,26,29). The molecular formula is C24H24FN3O3S. The third-order valence-electron chi connectivity index (χ3n) is 5.34. The van der Waals surface area contributed by atoms with Crippen LogP contribution in [-0.4, -0.2) is 32.3 Å². The molecule has 0 bridgehead atoms. The lowest BCUT2D eigenvalue weighted by molar-refractivity contribution is 0.102. The van der Waals surface area contributed by atoms with Crippen molar-refractivity contribution in [3.63, 3.8) is 0 Å². The summed E-state index contributed by atoms with van der Waals surface area (Å²) in [5.74, 6) is -0.716. The van der Waals surface area contributed by atoms with Gasteiger partial charge < -0.3 is 5.32 Å². The average Bonchev–Trinajstić information content (AvgIpc) is 3.29. The van der Waals surface area contributed by atoms with Crippen LogP contribution in [0, 0.1) is 5.82 Å². The quantitative estimate of drug-likeness (QED) is 0.553. The summed E-state index contributed by atoms with van der Waals surface area (Å²) in [6.07, 6.45) is 2.48. The fourth-order valence-corrected chi connectivity index (χ4v) is 4.67. The Hall–Kier alpha value is -3.23. The molecule has 166 valence electrons. The Morgan fingerprint density at radius 3 is 2.06 bits per heavy atom. The Labute approximate surface area is 187 Å². The molecule has 1 fully saturated rings.